The molecular formula is CH6BCuFeSiV-. The summed E-state index contributed by atoms with van der Waals surface area (Å²) < 4.78 is 0. The minimum Gasteiger partial charge on any atom is -0.358 e. The van der Waals surface area contributed by atoms with Gasteiger partial charge in [0.25, 0.3) is 0 Å². The van der Waals surface area contributed by atoms with E-state index in [1.165, 1.54) is 0 Å². The maximum Gasteiger partial charge on any atom is 0 e. The Morgan fingerprint density at radius 2 is 1.00 bits per heavy atom. The molecule has 0 unspecified atom stereocenters. The Hall–Kier alpha value is 1.91. The largest absolute Gasteiger partial charge is 0.358 e. The van der Waals surface area contributed by atoms with E-state index in [1.54, 1.807) is 0 Å². The van der Waals surface area contributed by atoms with Gasteiger partial charge in [0.15, 0.2) is 0 Å². The first-order valence-corrected chi connectivity index (χ1v) is 0. The van der Waals surface area contributed by atoms with Crippen molar-refractivity contribution in [1.29, 1.82) is 0 Å². The van der Waals surface area contributed by atoms with Crippen molar-refractivity contribution >= 4 is 19.4 Å². The van der Waals surface area contributed by atoms with E-state index in [9.17, 15) is 0 Å². The van der Waals surface area contributed by atoms with Crippen LogP contribution < -0.4 is 0 Å². The van der Waals surface area contributed by atoms with Crippen molar-refractivity contribution < 1.29 is 52.7 Å². The van der Waals surface area contributed by atoms with Gasteiger partial charge in [0.2, 0.25) is 0 Å². The van der Waals surface area contributed by atoms with E-state index in [-0.39, 0.29) is 79.5 Å². The number of hydrogen-bond acceptors (Lipinski definition) is 0. The SMILES string of the molecule is [B].[CH3-].[Cu].[Fe].[SiH3].[V]. The van der Waals surface area contributed by atoms with Gasteiger partial charge in [0.05, 0.1) is 0 Å². The molecule has 0 aliphatic heterocycles. The first-order valence-electron chi connectivity index (χ1n) is 0. The van der Waals surface area contributed by atoms with Crippen LogP contribution in [0.25, 0.3) is 0 Å². The molecule has 0 rings (SSSR count). The summed E-state index contributed by atoms with van der Waals surface area (Å²) in [5.41, 5.74) is 0. The molecule has 0 heterocycles. The Labute approximate surface area is 79.0 Å². The predicted molar refractivity (Wildman–Crippen MR) is 22.1 cm³/mol. The topological polar surface area (TPSA) is 0 Å². The summed E-state index contributed by atoms with van der Waals surface area (Å²) in [6.07, 6.45) is 0. The van der Waals surface area contributed by atoms with Crippen LogP contribution in [0.4, 0.5) is 0 Å². The molecule has 0 aromatic carbocycles. The van der Waals surface area contributed by atoms with Crippen LogP contribution in [0.15, 0.2) is 0 Å². The van der Waals surface area contributed by atoms with Crippen LogP contribution in [0.1, 0.15) is 0 Å². The van der Waals surface area contributed by atoms with Crippen LogP contribution in [-0.2, 0) is 52.7 Å². The van der Waals surface area contributed by atoms with Crippen LogP contribution >= 0.6 is 0 Å². The van der Waals surface area contributed by atoms with E-state index in [2.05, 4.69) is 0 Å². The van der Waals surface area contributed by atoms with Crippen LogP contribution in [0.5, 0.6) is 0 Å². The molecule has 0 N–H and O–H groups in total. The molecule has 0 saturated carbocycles. The fourth-order valence-electron chi connectivity index (χ4n) is 0. The molecule has 0 aliphatic rings. The van der Waals surface area contributed by atoms with Gasteiger partial charge in [-0.2, -0.15) is 0 Å². The smallest absolute Gasteiger partial charge is 0 e. The molecule has 0 bridgehead atoms. The molecule has 0 saturated heterocycles. The summed E-state index contributed by atoms with van der Waals surface area (Å²) in [7, 11) is 0. The summed E-state index contributed by atoms with van der Waals surface area (Å²) in [6, 6.07) is 0. The zero-order valence-corrected chi connectivity index (χ0v) is 9.12. The molecule has 5 heteroatoms. The van der Waals surface area contributed by atoms with Crippen molar-refractivity contribution in [2.24, 2.45) is 0 Å². The molecule has 42 valence electrons. The van der Waals surface area contributed by atoms with Crippen molar-refractivity contribution in [3.05, 3.63) is 7.43 Å². The van der Waals surface area contributed by atoms with Gasteiger partial charge in [0, 0.05) is 61.1 Å². The van der Waals surface area contributed by atoms with Crippen molar-refractivity contribution in [2.45, 2.75) is 0 Å². The second-order valence-electron chi connectivity index (χ2n) is 0. The zero-order chi connectivity index (χ0) is 0. The Balaban J connectivity index is 0. The fraction of sp³-hybridized carbons (Fsp3) is 0. The zero-order valence-electron chi connectivity index (χ0n) is 3.68. The average molecular weight is 227 g/mol. The molecule has 0 spiro atoms. The average Bonchev–Trinajstić information content (AvgIpc) is 0. The van der Waals surface area contributed by atoms with Crippen molar-refractivity contribution in [3.63, 3.8) is 0 Å². The Morgan fingerprint density at radius 3 is 1.00 bits per heavy atom. The third-order valence-electron chi connectivity index (χ3n) is 0. The maximum atomic E-state index is 0. The molecule has 0 aromatic rings. The van der Waals surface area contributed by atoms with E-state index in [0.717, 1.165) is 0 Å². The van der Waals surface area contributed by atoms with E-state index in [1.807, 2.05) is 0 Å². The van der Waals surface area contributed by atoms with Gasteiger partial charge in [-0.25, -0.2) is 0 Å². The van der Waals surface area contributed by atoms with Crippen molar-refractivity contribution in [2.75, 3.05) is 0 Å². The van der Waals surface area contributed by atoms with Gasteiger partial charge < -0.3 is 7.43 Å². The van der Waals surface area contributed by atoms with E-state index < -0.39 is 0 Å². The second-order valence-corrected chi connectivity index (χ2v) is 0. The minimum absolute atomic E-state index is 0. The van der Waals surface area contributed by atoms with Gasteiger partial charge in [-0.3, -0.25) is 0 Å². The molecule has 0 nitrogen and oxygen atoms in total. The fourth-order valence-corrected chi connectivity index (χ4v) is 0. The van der Waals surface area contributed by atoms with Crippen LogP contribution in [0.2, 0.25) is 0 Å². The molecule has 6 heavy (non-hydrogen) atoms. The van der Waals surface area contributed by atoms with Crippen molar-refractivity contribution in [1.82, 2.24) is 0 Å². The minimum atomic E-state index is 0. The van der Waals surface area contributed by atoms with Gasteiger partial charge in [0.1, 0.15) is 0 Å². The van der Waals surface area contributed by atoms with E-state index in [4.69, 9.17) is 0 Å². The molecule has 0 amide bonds. The standard InChI is InChI=1S/CH3.B.Cu.Fe.H3Si.V/h1H3;;;;1H3;/q-1;;;;;. The van der Waals surface area contributed by atoms with Gasteiger partial charge in [-0.05, 0) is 11.0 Å². The summed E-state index contributed by atoms with van der Waals surface area (Å²) >= 11 is 0. The summed E-state index contributed by atoms with van der Waals surface area (Å²) in [4.78, 5) is 0. The second kappa shape index (κ2) is 66.3. The summed E-state index contributed by atoms with van der Waals surface area (Å²) in [5.74, 6) is 0. The molecule has 0 fully saturated rings. The number of hydrogen-bond donors (Lipinski definition) is 0. The summed E-state index contributed by atoms with van der Waals surface area (Å²) in [5, 5.41) is 0. The molecule has 0 aliphatic carbocycles. The van der Waals surface area contributed by atoms with Gasteiger partial charge in [-0.1, -0.05) is 0 Å². The molecule has 0 atom stereocenters. The molecule has 6 radical (unpaired) electrons. The number of rotatable bonds is 0. The Bertz CT molecular complexity index is 15.5. The van der Waals surface area contributed by atoms with E-state index >= 15 is 0 Å². The van der Waals surface area contributed by atoms with E-state index in [0.29, 0.717) is 0 Å². The van der Waals surface area contributed by atoms with Gasteiger partial charge >= 0.3 is 0 Å². The van der Waals surface area contributed by atoms with Crippen molar-refractivity contribution in [3.8, 4) is 0 Å². The first-order chi connectivity index (χ1) is 0. The summed E-state index contributed by atoms with van der Waals surface area (Å²) in [6.45, 7) is 0. The van der Waals surface area contributed by atoms with Crippen LogP contribution in [0.3, 0.4) is 0 Å². The molecule has 0 aromatic heterocycles. The third-order valence-corrected chi connectivity index (χ3v) is 0. The normalized spacial score (nSPS) is 0. The first kappa shape index (κ1) is 104. The van der Waals surface area contributed by atoms with Gasteiger partial charge in [-0.15, -0.1) is 0 Å². The van der Waals surface area contributed by atoms with Crippen LogP contribution in [-0.4, -0.2) is 19.4 Å². The maximum absolute atomic E-state index is 0. The van der Waals surface area contributed by atoms with Crippen LogP contribution in [0, 0.1) is 7.43 Å². The Morgan fingerprint density at radius 1 is 1.00 bits per heavy atom. The quantitative estimate of drug-likeness (QED) is 0.363. The Kier molecular flexibility index (Phi) is 1150. The molecular weight excluding hydrogens is 221 g/mol. The monoisotopic (exact) mass is 227 g/mol. The predicted octanol–water partition coefficient (Wildman–Crippen LogP) is -1.12. The third kappa shape index (κ3) is 39.1.